The largest absolute Gasteiger partial charge is 0.358 e. The van der Waals surface area contributed by atoms with Gasteiger partial charge in [0.05, 0.1) is 5.52 Å². The van der Waals surface area contributed by atoms with Gasteiger partial charge in [0.25, 0.3) is 0 Å². The molecule has 2 aromatic carbocycles. The average Bonchev–Trinajstić information content (AvgIpc) is 2.75. The number of hydrogen-bond donors (Lipinski definition) is 2. The van der Waals surface area contributed by atoms with Crippen molar-refractivity contribution >= 4 is 28.3 Å². The van der Waals surface area contributed by atoms with E-state index in [9.17, 15) is 4.79 Å². The van der Waals surface area contributed by atoms with Crippen LogP contribution in [-0.4, -0.2) is 26.9 Å². The Kier molecular flexibility index (Phi) is 4.93. The molecule has 6 nitrogen and oxygen atoms in total. The summed E-state index contributed by atoms with van der Waals surface area (Å²) in [6.45, 7) is 1.80. The van der Waals surface area contributed by atoms with Crippen LogP contribution in [-0.2, 0) is 4.79 Å². The number of pyridine rings is 1. The highest BCUT2D eigenvalue weighted by Crippen LogP contribution is 2.25. The zero-order valence-electron chi connectivity index (χ0n) is 15.3. The molecule has 0 bridgehead atoms. The fourth-order valence-electron chi connectivity index (χ4n) is 2.85. The first-order chi connectivity index (χ1) is 13.7. The van der Waals surface area contributed by atoms with E-state index in [0.717, 1.165) is 22.2 Å². The van der Waals surface area contributed by atoms with Crippen LogP contribution in [0, 0.1) is 0 Å². The van der Waals surface area contributed by atoms with E-state index in [1.54, 1.807) is 19.3 Å². The molecule has 28 heavy (non-hydrogen) atoms. The van der Waals surface area contributed by atoms with E-state index in [-0.39, 0.29) is 5.91 Å². The standard InChI is InChI=1S/C22H19N5O/c1-15(22(28)25-17-9-3-2-4-10-17)24-21-18-11-5-6-12-19(18)26-20(27-21)16-8-7-13-23-14-16/h2-15H,1H3,(H,25,28)(H,24,26,27). The average molecular weight is 369 g/mol. The minimum atomic E-state index is -0.486. The lowest BCUT2D eigenvalue weighted by atomic mass is 10.2. The third kappa shape index (κ3) is 3.81. The summed E-state index contributed by atoms with van der Waals surface area (Å²) in [7, 11) is 0. The van der Waals surface area contributed by atoms with Gasteiger partial charge in [0.1, 0.15) is 11.9 Å². The van der Waals surface area contributed by atoms with Gasteiger partial charge in [-0.3, -0.25) is 9.78 Å². The topological polar surface area (TPSA) is 79.8 Å². The molecule has 0 spiro atoms. The molecule has 2 N–H and O–H groups in total. The van der Waals surface area contributed by atoms with Crippen molar-refractivity contribution in [1.82, 2.24) is 15.0 Å². The summed E-state index contributed by atoms with van der Waals surface area (Å²) in [6.07, 6.45) is 3.43. The summed E-state index contributed by atoms with van der Waals surface area (Å²) >= 11 is 0. The molecular weight excluding hydrogens is 350 g/mol. The predicted octanol–water partition coefficient (Wildman–Crippen LogP) is 4.13. The molecule has 1 atom stereocenters. The Balaban J connectivity index is 1.64. The molecule has 138 valence electrons. The summed E-state index contributed by atoms with van der Waals surface area (Å²) in [5.74, 6) is 1.03. The second kappa shape index (κ2) is 7.84. The minimum Gasteiger partial charge on any atom is -0.358 e. The molecule has 1 unspecified atom stereocenters. The number of carbonyl (C=O) groups excluding carboxylic acids is 1. The van der Waals surface area contributed by atoms with Crippen LogP contribution in [0.3, 0.4) is 0 Å². The van der Waals surface area contributed by atoms with Gasteiger partial charge in [-0.05, 0) is 43.3 Å². The molecule has 2 aromatic heterocycles. The Morgan fingerprint density at radius 3 is 2.50 bits per heavy atom. The smallest absolute Gasteiger partial charge is 0.246 e. The molecule has 1 amide bonds. The van der Waals surface area contributed by atoms with Gasteiger partial charge in [-0.15, -0.1) is 0 Å². The van der Waals surface area contributed by atoms with Gasteiger partial charge in [0, 0.05) is 29.0 Å². The summed E-state index contributed by atoms with van der Waals surface area (Å²) in [6, 6.07) is 20.4. The second-order valence-electron chi connectivity index (χ2n) is 6.38. The minimum absolute atomic E-state index is 0.142. The maximum absolute atomic E-state index is 12.6. The lowest BCUT2D eigenvalue weighted by Crippen LogP contribution is -2.32. The van der Waals surface area contributed by atoms with Gasteiger partial charge >= 0.3 is 0 Å². The molecule has 0 aliphatic rings. The zero-order valence-corrected chi connectivity index (χ0v) is 15.3. The Morgan fingerprint density at radius 1 is 0.929 bits per heavy atom. The van der Waals surface area contributed by atoms with Crippen LogP contribution in [0.4, 0.5) is 11.5 Å². The monoisotopic (exact) mass is 369 g/mol. The summed E-state index contributed by atoms with van der Waals surface area (Å²) in [4.78, 5) is 26.0. The van der Waals surface area contributed by atoms with E-state index in [1.807, 2.05) is 66.7 Å². The Labute approximate surface area is 162 Å². The number of para-hydroxylation sites is 2. The normalized spacial score (nSPS) is 11.8. The number of rotatable bonds is 5. The molecule has 0 aliphatic carbocycles. The fourth-order valence-corrected chi connectivity index (χ4v) is 2.85. The number of nitrogens with one attached hydrogen (secondary N) is 2. The van der Waals surface area contributed by atoms with Crippen molar-refractivity contribution in [3.8, 4) is 11.4 Å². The zero-order chi connectivity index (χ0) is 19.3. The first-order valence-electron chi connectivity index (χ1n) is 9.00. The maximum atomic E-state index is 12.6. The molecule has 0 radical (unpaired) electrons. The highest BCUT2D eigenvalue weighted by Gasteiger charge is 2.16. The lowest BCUT2D eigenvalue weighted by molar-refractivity contribution is -0.116. The van der Waals surface area contributed by atoms with Crippen LogP contribution in [0.15, 0.2) is 79.1 Å². The third-order valence-electron chi connectivity index (χ3n) is 4.31. The first kappa shape index (κ1) is 17.6. The number of aromatic nitrogens is 3. The number of amides is 1. The van der Waals surface area contributed by atoms with Crippen molar-refractivity contribution in [1.29, 1.82) is 0 Å². The third-order valence-corrected chi connectivity index (χ3v) is 4.31. The number of hydrogen-bond acceptors (Lipinski definition) is 5. The van der Waals surface area contributed by atoms with Gasteiger partial charge in [-0.1, -0.05) is 30.3 Å². The van der Waals surface area contributed by atoms with Gasteiger partial charge in [-0.25, -0.2) is 9.97 Å². The SMILES string of the molecule is CC(Nc1nc(-c2cccnc2)nc2ccccc12)C(=O)Nc1ccccc1. The first-order valence-corrected chi connectivity index (χ1v) is 9.00. The van der Waals surface area contributed by atoms with Crippen molar-refractivity contribution in [3.05, 3.63) is 79.1 Å². The van der Waals surface area contributed by atoms with Crippen molar-refractivity contribution in [2.75, 3.05) is 10.6 Å². The van der Waals surface area contributed by atoms with Crippen LogP contribution in [0.1, 0.15) is 6.92 Å². The Morgan fingerprint density at radius 2 is 1.71 bits per heavy atom. The number of nitrogens with zero attached hydrogens (tertiary/aromatic N) is 3. The molecule has 2 heterocycles. The number of carbonyl (C=O) groups is 1. The summed E-state index contributed by atoms with van der Waals surface area (Å²) < 4.78 is 0. The Bertz CT molecular complexity index is 1100. The molecule has 4 rings (SSSR count). The molecule has 6 heteroatoms. The molecule has 0 saturated carbocycles. The predicted molar refractivity (Wildman–Crippen MR) is 111 cm³/mol. The van der Waals surface area contributed by atoms with E-state index < -0.39 is 6.04 Å². The van der Waals surface area contributed by atoms with Crippen molar-refractivity contribution in [2.24, 2.45) is 0 Å². The van der Waals surface area contributed by atoms with Crippen LogP contribution < -0.4 is 10.6 Å². The van der Waals surface area contributed by atoms with Crippen LogP contribution in [0.5, 0.6) is 0 Å². The van der Waals surface area contributed by atoms with E-state index in [0.29, 0.717) is 11.6 Å². The van der Waals surface area contributed by atoms with Gasteiger partial charge in [0.15, 0.2) is 5.82 Å². The highest BCUT2D eigenvalue weighted by atomic mass is 16.2. The van der Waals surface area contributed by atoms with E-state index in [2.05, 4.69) is 25.6 Å². The van der Waals surface area contributed by atoms with E-state index in [1.165, 1.54) is 0 Å². The molecule has 4 aromatic rings. The van der Waals surface area contributed by atoms with Crippen LogP contribution >= 0.6 is 0 Å². The molecule has 0 saturated heterocycles. The maximum Gasteiger partial charge on any atom is 0.246 e. The van der Waals surface area contributed by atoms with Crippen molar-refractivity contribution in [3.63, 3.8) is 0 Å². The quantitative estimate of drug-likeness (QED) is 0.553. The summed E-state index contributed by atoms with van der Waals surface area (Å²) in [5.41, 5.74) is 2.37. The van der Waals surface area contributed by atoms with Crippen molar-refractivity contribution in [2.45, 2.75) is 13.0 Å². The second-order valence-corrected chi connectivity index (χ2v) is 6.38. The number of benzene rings is 2. The van der Waals surface area contributed by atoms with Crippen LogP contribution in [0.25, 0.3) is 22.3 Å². The summed E-state index contributed by atoms with van der Waals surface area (Å²) in [5, 5.41) is 6.99. The van der Waals surface area contributed by atoms with Gasteiger partial charge in [-0.2, -0.15) is 0 Å². The number of anilines is 2. The highest BCUT2D eigenvalue weighted by molar-refractivity contribution is 5.98. The number of fused-ring (bicyclic) bond motifs is 1. The van der Waals surface area contributed by atoms with E-state index >= 15 is 0 Å². The lowest BCUT2D eigenvalue weighted by Gasteiger charge is -2.17. The molecule has 0 fully saturated rings. The molecule has 0 aliphatic heterocycles. The fraction of sp³-hybridized carbons (Fsp3) is 0.0909. The van der Waals surface area contributed by atoms with Crippen molar-refractivity contribution < 1.29 is 4.79 Å². The van der Waals surface area contributed by atoms with E-state index in [4.69, 9.17) is 0 Å². The van der Waals surface area contributed by atoms with Crippen LogP contribution in [0.2, 0.25) is 0 Å². The Hall–Kier alpha value is -3.80. The van der Waals surface area contributed by atoms with Gasteiger partial charge in [0.2, 0.25) is 5.91 Å². The van der Waals surface area contributed by atoms with Gasteiger partial charge < -0.3 is 10.6 Å². The molecular formula is C22H19N5O.